The van der Waals surface area contributed by atoms with E-state index in [-0.39, 0.29) is 24.1 Å². The Labute approximate surface area is 165 Å². The number of amides is 3. The third-order valence-electron chi connectivity index (χ3n) is 4.42. The fourth-order valence-corrected chi connectivity index (χ4v) is 4.17. The van der Waals surface area contributed by atoms with Gasteiger partial charge >= 0.3 is 0 Å². The molecule has 2 N–H and O–H groups in total. The van der Waals surface area contributed by atoms with E-state index in [2.05, 4.69) is 15.6 Å². The number of nitrogens with zero attached hydrogens (tertiary/aromatic N) is 2. The largest absolute Gasteiger partial charge is 0.346 e. The molecule has 1 aromatic carbocycles. The molecule has 1 fully saturated rings. The lowest BCUT2D eigenvalue weighted by Gasteiger charge is -2.11. The highest BCUT2D eigenvalue weighted by Crippen LogP contribution is 2.30. The Hall–Kier alpha value is -3.13. The summed E-state index contributed by atoms with van der Waals surface area (Å²) in [6.45, 7) is 2.30. The summed E-state index contributed by atoms with van der Waals surface area (Å²) < 4.78 is 1.91. The fraction of sp³-hybridized carbons (Fsp3) is 0.200. The zero-order valence-electron chi connectivity index (χ0n) is 15.1. The molecule has 0 bridgehead atoms. The normalized spacial score (nSPS) is 16.4. The highest BCUT2D eigenvalue weighted by Gasteiger charge is 2.32. The van der Waals surface area contributed by atoms with Crippen molar-refractivity contribution in [2.24, 2.45) is 0 Å². The molecule has 0 radical (unpaired) electrons. The molecule has 2 aromatic heterocycles. The Morgan fingerprint density at radius 2 is 2.14 bits per heavy atom. The molecule has 3 aromatic rings. The number of thioether (sulfide) groups is 1. The van der Waals surface area contributed by atoms with Gasteiger partial charge in [0.2, 0.25) is 11.8 Å². The standard InChI is InChI=1S/C20H18N4O3S/c1-12-6-7-24-11-13(22-17(24)8-12)10-21-19(26)14-4-2-3-5-15(14)28-16-9-18(25)23-20(16)27/h2-8,11,16H,9-10H2,1H3,(H,21,26)(H,23,25,27). The number of benzene rings is 1. The SMILES string of the molecule is Cc1ccn2cc(CNC(=O)c3ccccc3SC3CC(=O)NC3=O)nc2c1. The van der Waals surface area contributed by atoms with Gasteiger partial charge < -0.3 is 9.72 Å². The van der Waals surface area contributed by atoms with Crippen molar-refractivity contribution in [3.05, 3.63) is 65.6 Å². The van der Waals surface area contributed by atoms with Gasteiger partial charge in [-0.25, -0.2) is 4.98 Å². The van der Waals surface area contributed by atoms with Gasteiger partial charge in [0.1, 0.15) is 5.65 Å². The van der Waals surface area contributed by atoms with E-state index < -0.39 is 5.25 Å². The fourth-order valence-electron chi connectivity index (χ4n) is 3.02. The molecule has 3 amide bonds. The van der Waals surface area contributed by atoms with E-state index in [1.807, 2.05) is 35.9 Å². The molecule has 0 spiro atoms. The Kier molecular flexibility index (Phi) is 4.87. The number of imide groups is 1. The molecule has 7 nitrogen and oxygen atoms in total. The van der Waals surface area contributed by atoms with Gasteiger partial charge in [-0.15, -0.1) is 11.8 Å². The summed E-state index contributed by atoms with van der Waals surface area (Å²) in [6, 6.07) is 11.0. The molecule has 142 valence electrons. The highest BCUT2D eigenvalue weighted by molar-refractivity contribution is 8.00. The second kappa shape index (κ2) is 7.47. The van der Waals surface area contributed by atoms with Crippen LogP contribution in [0.3, 0.4) is 0 Å². The third kappa shape index (κ3) is 3.77. The summed E-state index contributed by atoms with van der Waals surface area (Å²) in [4.78, 5) is 41.1. The van der Waals surface area contributed by atoms with Crippen LogP contribution in [0.2, 0.25) is 0 Å². The van der Waals surface area contributed by atoms with Crippen LogP contribution in [-0.2, 0) is 16.1 Å². The Balaban J connectivity index is 1.47. The van der Waals surface area contributed by atoms with Gasteiger partial charge in [0, 0.05) is 23.7 Å². The number of nitrogens with one attached hydrogen (secondary N) is 2. The molecule has 1 aliphatic heterocycles. The predicted octanol–water partition coefficient (Wildman–Crippen LogP) is 2.08. The second-order valence-corrected chi connectivity index (χ2v) is 7.85. The average Bonchev–Trinajstić information content (AvgIpc) is 3.21. The Morgan fingerprint density at radius 1 is 1.32 bits per heavy atom. The van der Waals surface area contributed by atoms with Gasteiger partial charge in [0.25, 0.3) is 5.91 Å². The molecule has 0 saturated carbocycles. The first kappa shape index (κ1) is 18.2. The third-order valence-corrected chi connectivity index (χ3v) is 5.70. The number of aromatic nitrogens is 2. The maximum Gasteiger partial charge on any atom is 0.252 e. The minimum atomic E-state index is -0.511. The first-order chi connectivity index (χ1) is 13.5. The quantitative estimate of drug-likeness (QED) is 0.647. The molecule has 1 aliphatic rings. The second-order valence-electron chi connectivity index (χ2n) is 6.60. The lowest BCUT2D eigenvalue weighted by Crippen LogP contribution is -2.25. The molecular formula is C20H18N4O3S. The van der Waals surface area contributed by atoms with Crippen LogP contribution >= 0.6 is 11.8 Å². The molecule has 1 atom stereocenters. The smallest absolute Gasteiger partial charge is 0.252 e. The minimum absolute atomic E-state index is 0.125. The van der Waals surface area contributed by atoms with E-state index in [0.717, 1.165) is 16.9 Å². The Bertz CT molecular complexity index is 1090. The molecular weight excluding hydrogens is 376 g/mol. The van der Waals surface area contributed by atoms with Gasteiger partial charge in [-0.3, -0.25) is 19.7 Å². The monoisotopic (exact) mass is 394 g/mol. The van der Waals surface area contributed by atoms with E-state index in [4.69, 9.17) is 0 Å². The Morgan fingerprint density at radius 3 is 2.93 bits per heavy atom. The van der Waals surface area contributed by atoms with Crippen molar-refractivity contribution in [2.45, 2.75) is 30.0 Å². The van der Waals surface area contributed by atoms with Crippen molar-refractivity contribution in [1.29, 1.82) is 0 Å². The van der Waals surface area contributed by atoms with Gasteiger partial charge in [0.15, 0.2) is 0 Å². The van der Waals surface area contributed by atoms with Crippen molar-refractivity contribution in [2.75, 3.05) is 0 Å². The molecule has 0 aliphatic carbocycles. The summed E-state index contributed by atoms with van der Waals surface area (Å²) in [5.74, 6) is -0.849. The van der Waals surface area contributed by atoms with Crippen LogP contribution in [0.1, 0.15) is 28.0 Å². The zero-order valence-corrected chi connectivity index (χ0v) is 16.0. The van der Waals surface area contributed by atoms with E-state index >= 15 is 0 Å². The summed E-state index contributed by atoms with van der Waals surface area (Å²) in [5.41, 5.74) is 3.18. The number of carbonyl (C=O) groups excluding carboxylic acids is 3. The van der Waals surface area contributed by atoms with Crippen molar-refractivity contribution in [3.63, 3.8) is 0 Å². The predicted molar refractivity (Wildman–Crippen MR) is 105 cm³/mol. The lowest BCUT2D eigenvalue weighted by molar-refractivity contribution is -0.124. The van der Waals surface area contributed by atoms with E-state index in [1.165, 1.54) is 11.8 Å². The van der Waals surface area contributed by atoms with Crippen LogP contribution in [0, 0.1) is 6.92 Å². The number of pyridine rings is 1. The van der Waals surface area contributed by atoms with E-state index in [1.54, 1.807) is 24.3 Å². The molecule has 4 rings (SSSR count). The number of rotatable bonds is 5. The van der Waals surface area contributed by atoms with E-state index in [9.17, 15) is 14.4 Å². The number of hydrogen-bond acceptors (Lipinski definition) is 5. The number of imidazole rings is 1. The minimum Gasteiger partial charge on any atom is -0.346 e. The summed E-state index contributed by atoms with van der Waals surface area (Å²) in [6.07, 6.45) is 3.94. The van der Waals surface area contributed by atoms with Crippen molar-refractivity contribution in [1.82, 2.24) is 20.0 Å². The van der Waals surface area contributed by atoms with Crippen LogP contribution in [0.5, 0.6) is 0 Å². The first-order valence-electron chi connectivity index (χ1n) is 8.81. The molecule has 1 saturated heterocycles. The van der Waals surface area contributed by atoms with Crippen LogP contribution in [0.4, 0.5) is 0 Å². The van der Waals surface area contributed by atoms with Gasteiger partial charge in [-0.1, -0.05) is 12.1 Å². The molecule has 28 heavy (non-hydrogen) atoms. The summed E-state index contributed by atoms with van der Waals surface area (Å²) in [7, 11) is 0. The van der Waals surface area contributed by atoms with Crippen molar-refractivity contribution >= 4 is 35.1 Å². The number of aryl methyl sites for hydroxylation is 1. The summed E-state index contributed by atoms with van der Waals surface area (Å²) in [5, 5.41) is 4.66. The van der Waals surface area contributed by atoms with Gasteiger partial charge in [-0.05, 0) is 36.8 Å². The van der Waals surface area contributed by atoms with Gasteiger partial charge in [0.05, 0.1) is 23.1 Å². The van der Waals surface area contributed by atoms with E-state index in [0.29, 0.717) is 17.0 Å². The topological polar surface area (TPSA) is 92.6 Å². The number of hydrogen-bond donors (Lipinski definition) is 2. The van der Waals surface area contributed by atoms with Gasteiger partial charge in [-0.2, -0.15) is 0 Å². The highest BCUT2D eigenvalue weighted by atomic mass is 32.2. The van der Waals surface area contributed by atoms with Crippen LogP contribution in [0.25, 0.3) is 5.65 Å². The maximum absolute atomic E-state index is 12.7. The number of fused-ring (bicyclic) bond motifs is 1. The van der Waals surface area contributed by atoms with Crippen molar-refractivity contribution < 1.29 is 14.4 Å². The first-order valence-corrected chi connectivity index (χ1v) is 9.69. The maximum atomic E-state index is 12.7. The van der Waals surface area contributed by atoms with Crippen LogP contribution in [-0.4, -0.2) is 32.4 Å². The number of carbonyl (C=O) groups is 3. The molecule has 1 unspecified atom stereocenters. The average molecular weight is 394 g/mol. The molecule has 8 heteroatoms. The molecule has 3 heterocycles. The van der Waals surface area contributed by atoms with Crippen LogP contribution in [0.15, 0.2) is 53.7 Å². The summed E-state index contributed by atoms with van der Waals surface area (Å²) >= 11 is 1.23. The lowest BCUT2D eigenvalue weighted by atomic mass is 10.2. The zero-order chi connectivity index (χ0) is 19.7. The van der Waals surface area contributed by atoms with Crippen LogP contribution < -0.4 is 10.6 Å². The van der Waals surface area contributed by atoms with Crippen molar-refractivity contribution in [3.8, 4) is 0 Å².